The van der Waals surface area contributed by atoms with E-state index in [2.05, 4.69) is 15.4 Å². The summed E-state index contributed by atoms with van der Waals surface area (Å²) in [4.78, 5) is 16.3. The van der Waals surface area contributed by atoms with Gasteiger partial charge in [0.25, 0.3) is 5.91 Å². The van der Waals surface area contributed by atoms with Crippen molar-refractivity contribution in [2.24, 2.45) is 7.05 Å². The molecule has 3 rings (SSSR count). The quantitative estimate of drug-likeness (QED) is 0.707. The third-order valence-electron chi connectivity index (χ3n) is 3.58. The molecule has 2 aromatic heterocycles. The van der Waals surface area contributed by atoms with Gasteiger partial charge in [-0.2, -0.15) is 5.10 Å². The summed E-state index contributed by atoms with van der Waals surface area (Å²) in [5.41, 5.74) is 1.39. The fourth-order valence-corrected chi connectivity index (χ4v) is 2.32. The summed E-state index contributed by atoms with van der Waals surface area (Å²) in [7, 11) is 1.77. The van der Waals surface area contributed by atoms with Crippen LogP contribution in [0.5, 0.6) is 17.4 Å². The second-order valence-electron chi connectivity index (χ2n) is 5.57. The van der Waals surface area contributed by atoms with Crippen LogP contribution in [-0.2, 0) is 13.6 Å². The molecular weight excluding hydrogens is 332 g/mol. The largest absolute Gasteiger partial charge is 0.490 e. The number of hydrogen-bond donors (Lipinski definition) is 1. The minimum absolute atomic E-state index is 0.177. The van der Waals surface area contributed by atoms with Gasteiger partial charge >= 0.3 is 0 Å². The summed E-state index contributed by atoms with van der Waals surface area (Å²) < 4.78 is 12.9. The van der Waals surface area contributed by atoms with Crippen LogP contribution < -0.4 is 14.8 Å². The van der Waals surface area contributed by atoms with E-state index in [1.54, 1.807) is 30.2 Å². The molecule has 134 valence electrons. The second-order valence-corrected chi connectivity index (χ2v) is 5.57. The van der Waals surface area contributed by atoms with Crippen LogP contribution in [0, 0.1) is 0 Å². The molecule has 1 N–H and O–H groups in total. The lowest BCUT2D eigenvalue weighted by atomic mass is 10.2. The zero-order valence-electron chi connectivity index (χ0n) is 14.7. The van der Waals surface area contributed by atoms with Crippen LogP contribution in [0.1, 0.15) is 22.8 Å². The number of aryl methyl sites for hydroxylation is 1. The van der Waals surface area contributed by atoms with Gasteiger partial charge in [-0.05, 0) is 24.6 Å². The van der Waals surface area contributed by atoms with Crippen molar-refractivity contribution in [3.63, 3.8) is 0 Å². The molecule has 0 aliphatic rings. The number of benzene rings is 1. The van der Waals surface area contributed by atoms with Gasteiger partial charge < -0.3 is 14.8 Å². The van der Waals surface area contributed by atoms with Crippen LogP contribution >= 0.6 is 0 Å². The Balaban J connectivity index is 1.59. The number of carbonyl (C=O) groups is 1. The molecule has 0 spiro atoms. The number of nitrogens with zero attached hydrogens (tertiary/aromatic N) is 3. The Morgan fingerprint density at radius 2 is 1.96 bits per heavy atom. The Labute approximate surface area is 151 Å². The molecule has 2 heterocycles. The van der Waals surface area contributed by atoms with Crippen LogP contribution in [-0.4, -0.2) is 27.3 Å². The maximum absolute atomic E-state index is 12.0. The Morgan fingerprint density at radius 1 is 1.15 bits per heavy atom. The average molecular weight is 352 g/mol. The van der Waals surface area contributed by atoms with Gasteiger partial charge in [-0.25, -0.2) is 4.98 Å². The van der Waals surface area contributed by atoms with Crippen molar-refractivity contribution in [2.75, 3.05) is 6.61 Å². The molecule has 0 saturated heterocycles. The highest BCUT2D eigenvalue weighted by Gasteiger charge is 2.08. The Bertz CT molecular complexity index is 875. The Kier molecular flexibility index (Phi) is 5.48. The molecule has 3 aromatic rings. The number of aromatic nitrogens is 3. The van der Waals surface area contributed by atoms with Crippen LogP contribution in [0.25, 0.3) is 0 Å². The van der Waals surface area contributed by atoms with Crippen molar-refractivity contribution in [1.29, 1.82) is 0 Å². The summed E-state index contributed by atoms with van der Waals surface area (Å²) in [5.74, 6) is 1.56. The van der Waals surface area contributed by atoms with E-state index in [0.717, 1.165) is 5.56 Å². The monoisotopic (exact) mass is 352 g/mol. The van der Waals surface area contributed by atoms with Gasteiger partial charge in [0, 0.05) is 32.1 Å². The molecule has 0 bridgehead atoms. The van der Waals surface area contributed by atoms with Crippen LogP contribution in [0.4, 0.5) is 0 Å². The Morgan fingerprint density at radius 3 is 2.62 bits per heavy atom. The van der Waals surface area contributed by atoms with Crippen molar-refractivity contribution in [3.05, 3.63) is 66.1 Å². The number of pyridine rings is 1. The summed E-state index contributed by atoms with van der Waals surface area (Å²) >= 11 is 0. The number of nitrogens with one attached hydrogen (secondary N) is 1. The molecule has 1 amide bonds. The van der Waals surface area contributed by atoms with E-state index in [4.69, 9.17) is 9.47 Å². The van der Waals surface area contributed by atoms with Gasteiger partial charge in [-0.3, -0.25) is 9.48 Å². The maximum Gasteiger partial charge on any atom is 0.254 e. The first-order chi connectivity index (χ1) is 12.7. The smallest absolute Gasteiger partial charge is 0.254 e. The third-order valence-corrected chi connectivity index (χ3v) is 3.58. The van der Waals surface area contributed by atoms with Crippen LogP contribution in [0.2, 0.25) is 0 Å². The van der Waals surface area contributed by atoms with Crippen LogP contribution in [0.15, 0.2) is 55.0 Å². The molecule has 0 aliphatic heterocycles. The lowest BCUT2D eigenvalue weighted by molar-refractivity contribution is 0.0951. The number of rotatable bonds is 7. The molecule has 0 atom stereocenters. The van der Waals surface area contributed by atoms with Crippen molar-refractivity contribution >= 4 is 5.91 Å². The van der Waals surface area contributed by atoms with Crippen molar-refractivity contribution in [2.45, 2.75) is 13.5 Å². The maximum atomic E-state index is 12.0. The molecule has 0 unspecified atom stereocenters. The molecular formula is C19H20N4O3. The van der Waals surface area contributed by atoms with Gasteiger partial charge in [-0.1, -0.05) is 18.2 Å². The highest BCUT2D eigenvalue weighted by atomic mass is 16.5. The zero-order chi connectivity index (χ0) is 18.4. The van der Waals surface area contributed by atoms with E-state index in [1.165, 1.54) is 6.20 Å². The summed E-state index contributed by atoms with van der Waals surface area (Å²) in [6.07, 6.45) is 4.86. The third kappa shape index (κ3) is 4.38. The number of carbonyl (C=O) groups excluding carboxylic acids is 1. The highest BCUT2D eigenvalue weighted by molar-refractivity contribution is 5.93. The van der Waals surface area contributed by atoms with Gasteiger partial charge in [0.15, 0.2) is 11.5 Å². The number of amides is 1. The molecule has 0 aliphatic carbocycles. The Hall–Kier alpha value is -3.35. The first kappa shape index (κ1) is 17.5. The van der Waals surface area contributed by atoms with Crippen molar-refractivity contribution in [1.82, 2.24) is 20.1 Å². The van der Waals surface area contributed by atoms with E-state index in [0.29, 0.717) is 36.1 Å². The van der Waals surface area contributed by atoms with E-state index >= 15 is 0 Å². The normalized spacial score (nSPS) is 10.4. The molecule has 1 aromatic carbocycles. The molecule has 7 heteroatoms. The lowest BCUT2D eigenvalue weighted by Gasteiger charge is -2.11. The molecule has 0 saturated carbocycles. The SMILES string of the molecule is CCOc1ccccc1Oc1ccc(CNC(=O)c2cnn(C)c2)cn1. The average Bonchev–Trinajstić information content (AvgIpc) is 3.09. The molecule has 26 heavy (non-hydrogen) atoms. The van der Waals surface area contributed by atoms with Gasteiger partial charge in [0.1, 0.15) is 0 Å². The minimum atomic E-state index is -0.177. The fraction of sp³-hybridized carbons (Fsp3) is 0.211. The van der Waals surface area contributed by atoms with Gasteiger partial charge in [0.05, 0.1) is 18.4 Å². The standard InChI is InChI=1S/C19H20N4O3/c1-3-25-16-6-4-5-7-17(16)26-18-9-8-14(10-20-18)11-21-19(24)15-12-22-23(2)13-15/h4-10,12-13H,3,11H2,1-2H3,(H,21,24). The van der Waals surface area contributed by atoms with E-state index in [-0.39, 0.29) is 5.91 Å². The molecule has 0 radical (unpaired) electrons. The van der Waals surface area contributed by atoms with Crippen molar-refractivity contribution < 1.29 is 14.3 Å². The van der Waals surface area contributed by atoms with E-state index in [1.807, 2.05) is 37.3 Å². The van der Waals surface area contributed by atoms with Crippen molar-refractivity contribution in [3.8, 4) is 17.4 Å². The van der Waals surface area contributed by atoms with Gasteiger partial charge in [-0.15, -0.1) is 0 Å². The summed E-state index contributed by atoms with van der Waals surface area (Å²) in [6, 6.07) is 11.1. The predicted molar refractivity (Wildman–Crippen MR) is 96.3 cm³/mol. The summed E-state index contributed by atoms with van der Waals surface area (Å²) in [5, 5.41) is 6.81. The number of hydrogen-bond acceptors (Lipinski definition) is 5. The molecule has 7 nitrogen and oxygen atoms in total. The minimum Gasteiger partial charge on any atom is -0.490 e. The topological polar surface area (TPSA) is 78.3 Å². The predicted octanol–water partition coefficient (Wildman–Crippen LogP) is 2.94. The summed E-state index contributed by atoms with van der Waals surface area (Å²) in [6.45, 7) is 2.85. The first-order valence-corrected chi connectivity index (χ1v) is 8.27. The second kappa shape index (κ2) is 8.15. The zero-order valence-corrected chi connectivity index (χ0v) is 14.7. The highest BCUT2D eigenvalue weighted by Crippen LogP contribution is 2.30. The number of para-hydroxylation sites is 2. The van der Waals surface area contributed by atoms with E-state index in [9.17, 15) is 4.79 Å². The van der Waals surface area contributed by atoms with Crippen LogP contribution in [0.3, 0.4) is 0 Å². The first-order valence-electron chi connectivity index (χ1n) is 8.27. The fourth-order valence-electron chi connectivity index (χ4n) is 2.32. The van der Waals surface area contributed by atoms with E-state index < -0.39 is 0 Å². The number of ether oxygens (including phenoxy) is 2. The van der Waals surface area contributed by atoms with Gasteiger partial charge in [0.2, 0.25) is 5.88 Å². The molecule has 0 fully saturated rings. The lowest BCUT2D eigenvalue weighted by Crippen LogP contribution is -2.22.